The zero-order valence-electron chi connectivity index (χ0n) is 15.7. The van der Waals surface area contributed by atoms with E-state index in [1.54, 1.807) is 6.33 Å². The molecule has 0 aliphatic rings. The minimum Gasteiger partial charge on any atom is -0.350 e. The molecule has 29 heavy (non-hydrogen) atoms. The van der Waals surface area contributed by atoms with Crippen LogP contribution in [0.1, 0.15) is 18.2 Å². The first-order chi connectivity index (χ1) is 14.1. The molecule has 0 saturated carbocycles. The number of carbonyl (C=O) groups excluding carboxylic acids is 1. The molecule has 0 aliphatic carbocycles. The van der Waals surface area contributed by atoms with Crippen molar-refractivity contribution in [2.24, 2.45) is 0 Å². The summed E-state index contributed by atoms with van der Waals surface area (Å²) in [5.74, 6) is 0.179. The highest BCUT2D eigenvalue weighted by Crippen LogP contribution is 2.22. The number of carbonyl (C=O) groups is 1. The van der Waals surface area contributed by atoms with Crippen LogP contribution < -0.4 is 5.32 Å². The van der Waals surface area contributed by atoms with Gasteiger partial charge in [0.25, 0.3) is 0 Å². The van der Waals surface area contributed by atoms with Gasteiger partial charge in [-0.25, -0.2) is 4.98 Å². The molecule has 0 saturated heterocycles. The third-order valence-electron chi connectivity index (χ3n) is 4.41. The molecule has 9 heteroatoms. The second kappa shape index (κ2) is 8.79. The first-order valence-corrected chi connectivity index (χ1v) is 10.9. The number of amides is 1. The maximum atomic E-state index is 12.3. The van der Waals surface area contributed by atoms with Crippen molar-refractivity contribution in [3.63, 3.8) is 0 Å². The lowest BCUT2D eigenvalue weighted by Crippen LogP contribution is -2.24. The summed E-state index contributed by atoms with van der Waals surface area (Å²) in [6.07, 6.45) is 6.44. The van der Waals surface area contributed by atoms with Crippen LogP contribution in [0.3, 0.4) is 0 Å². The van der Waals surface area contributed by atoms with Crippen LogP contribution in [0.5, 0.6) is 0 Å². The number of hydrogen-bond acceptors (Lipinski definition) is 5. The van der Waals surface area contributed by atoms with E-state index in [9.17, 15) is 4.79 Å². The van der Waals surface area contributed by atoms with Gasteiger partial charge in [-0.15, -0.1) is 10.2 Å². The fraction of sp³-hybridized carbons (Fsp3) is 0.200. The fourth-order valence-electron chi connectivity index (χ4n) is 3.01. The number of imidazole rings is 1. The van der Waals surface area contributed by atoms with Crippen molar-refractivity contribution in [3.8, 4) is 5.69 Å². The molecule has 3 heterocycles. The Hall–Kier alpha value is -2.65. The quantitative estimate of drug-likeness (QED) is 0.417. The molecule has 0 spiro atoms. The van der Waals surface area contributed by atoms with Gasteiger partial charge in [0, 0.05) is 16.9 Å². The van der Waals surface area contributed by atoms with E-state index in [-0.39, 0.29) is 11.7 Å². The molecule has 4 rings (SSSR count). The van der Waals surface area contributed by atoms with Crippen LogP contribution >= 0.6 is 27.7 Å². The highest BCUT2D eigenvalue weighted by Gasteiger charge is 2.12. The smallest absolute Gasteiger partial charge is 0.230 e. The Morgan fingerprint density at radius 2 is 2.07 bits per heavy atom. The molecular weight excluding hydrogens is 452 g/mol. The normalized spacial score (nSPS) is 11.1. The number of thioether (sulfide) groups is 1. The number of aromatic nitrogens is 5. The lowest BCUT2D eigenvalue weighted by atomic mass is 10.1. The first-order valence-electron chi connectivity index (χ1n) is 9.15. The summed E-state index contributed by atoms with van der Waals surface area (Å²) in [6, 6.07) is 12.0. The molecule has 0 aliphatic heterocycles. The number of fused-ring (bicyclic) bond motifs is 1. The number of halogens is 1. The van der Waals surface area contributed by atoms with Gasteiger partial charge in [-0.05, 0) is 46.1 Å². The van der Waals surface area contributed by atoms with Crippen LogP contribution in [0, 0.1) is 0 Å². The second-order valence-electron chi connectivity index (χ2n) is 6.38. The van der Waals surface area contributed by atoms with E-state index >= 15 is 0 Å². The van der Waals surface area contributed by atoms with E-state index < -0.39 is 0 Å². The molecule has 4 aromatic rings. The lowest BCUT2D eigenvalue weighted by Gasteiger charge is -2.10. The lowest BCUT2D eigenvalue weighted by molar-refractivity contribution is -0.118. The zero-order valence-corrected chi connectivity index (χ0v) is 18.2. The molecule has 0 unspecified atom stereocenters. The number of para-hydroxylation sites is 1. The van der Waals surface area contributed by atoms with Gasteiger partial charge in [-0.1, -0.05) is 36.9 Å². The Morgan fingerprint density at radius 3 is 2.93 bits per heavy atom. The maximum absolute atomic E-state index is 12.3. The molecule has 1 aromatic carbocycles. The van der Waals surface area contributed by atoms with E-state index in [1.807, 2.05) is 51.7 Å². The summed E-state index contributed by atoms with van der Waals surface area (Å²) in [5, 5.41) is 11.8. The number of rotatable bonds is 7. The van der Waals surface area contributed by atoms with Gasteiger partial charge in [0.1, 0.15) is 12.0 Å². The van der Waals surface area contributed by atoms with Gasteiger partial charge >= 0.3 is 0 Å². The minimum atomic E-state index is -0.0773. The van der Waals surface area contributed by atoms with Crippen molar-refractivity contribution in [3.05, 3.63) is 70.8 Å². The third-order valence-corrected chi connectivity index (χ3v) is 5.82. The average molecular weight is 471 g/mol. The van der Waals surface area contributed by atoms with Gasteiger partial charge in [0.05, 0.1) is 23.7 Å². The second-order valence-corrected chi connectivity index (χ2v) is 8.23. The number of pyridine rings is 1. The molecule has 0 bridgehead atoms. The van der Waals surface area contributed by atoms with Gasteiger partial charge in [0.15, 0.2) is 5.16 Å². The SMILES string of the molecule is CCc1ccccc1-n1cnnc1SCC(=O)NCc1cn2cc(Br)ccc2n1. The van der Waals surface area contributed by atoms with E-state index in [2.05, 4.69) is 49.4 Å². The van der Waals surface area contributed by atoms with Gasteiger partial charge in [-0.2, -0.15) is 0 Å². The Morgan fingerprint density at radius 1 is 1.21 bits per heavy atom. The Labute approximate surface area is 180 Å². The number of benzene rings is 1. The van der Waals surface area contributed by atoms with Crippen molar-refractivity contribution in [1.82, 2.24) is 29.5 Å². The highest BCUT2D eigenvalue weighted by atomic mass is 79.9. The molecule has 148 valence electrons. The van der Waals surface area contributed by atoms with Crippen LogP contribution in [0.4, 0.5) is 0 Å². The summed E-state index contributed by atoms with van der Waals surface area (Å²) < 4.78 is 4.83. The van der Waals surface area contributed by atoms with Gasteiger partial charge in [-0.3, -0.25) is 9.36 Å². The number of aryl methyl sites for hydroxylation is 1. The Kier molecular flexibility index (Phi) is 5.96. The summed E-state index contributed by atoms with van der Waals surface area (Å²) in [6.45, 7) is 2.49. The van der Waals surface area contributed by atoms with E-state index in [0.29, 0.717) is 11.7 Å². The van der Waals surface area contributed by atoms with Gasteiger partial charge < -0.3 is 9.72 Å². The summed E-state index contributed by atoms with van der Waals surface area (Å²) in [7, 11) is 0. The average Bonchev–Trinajstić information content (AvgIpc) is 3.36. The minimum absolute atomic E-state index is 0.0773. The first kappa shape index (κ1) is 19.7. The topological polar surface area (TPSA) is 77.1 Å². The number of hydrogen-bond donors (Lipinski definition) is 1. The molecule has 0 radical (unpaired) electrons. The fourth-order valence-corrected chi connectivity index (χ4v) is 4.11. The summed E-state index contributed by atoms with van der Waals surface area (Å²) in [5.41, 5.74) is 3.90. The van der Waals surface area contributed by atoms with E-state index in [0.717, 1.165) is 27.9 Å². The molecule has 0 atom stereocenters. The largest absolute Gasteiger partial charge is 0.350 e. The van der Waals surface area contributed by atoms with Crippen LogP contribution in [0.2, 0.25) is 0 Å². The zero-order chi connectivity index (χ0) is 20.2. The molecule has 0 fully saturated rings. The summed E-state index contributed by atoms with van der Waals surface area (Å²) >= 11 is 4.80. The van der Waals surface area contributed by atoms with Crippen LogP contribution in [0.15, 0.2) is 64.7 Å². The molecular formula is C20H19BrN6OS. The monoisotopic (exact) mass is 470 g/mol. The van der Waals surface area contributed by atoms with Crippen molar-refractivity contribution >= 4 is 39.2 Å². The van der Waals surface area contributed by atoms with Crippen molar-refractivity contribution in [2.45, 2.75) is 25.0 Å². The van der Waals surface area contributed by atoms with Gasteiger partial charge in [0.2, 0.25) is 5.91 Å². The standard InChI is InChI=1S/C20H19BrN6OS/c1-2-14-5-3-4-6-17(14)27-13-23-25-20(27)29-12-19(28)22-9-16-11-26-10-15(21)7-8-18(26)24-16/h3-8,10-11,13H,2,9,12H2,1H3,(H,22,28). The molecule has 1 N–H and O–H groups in total. The molecule has 1 amide bonds. The molecule has 3 aromatic heterocycles. The predicted octanol–water partition coefficient (Wildman–Crippen LogP) is 3.65. The van der Waals surface area contributed by atoms with Crippen molar-refractivity contribution in [2.75, 3.05) is 5.75 Å². The van der Waals surface area contributed by atoms with Crippen LogP contribution in [-0.2, 0) is 17.8 Å². The van der Waals surface area contributed by atoms with Crippen molar-refractivity contribution < 1.29 is 4.79 Å². The van der Waals surface area contributed by atoms with Crippen LogP contribution in [0.25, 0.3) is 11.3 Å². The maximum Gasteiger partial charge on any atom is 0.230 e. The highest BCUT2D eigenvalue weighted by molar-refractivity contribution is 9.10. The van der Waals surface area contributed by atoms with E-state index in [4.69, 9.17) is 0 Å². The molecule has 7 nitrogen and oxygen atoms in total. The Balaban J connectivity index is 1.37. The third kappa shape index (κ3) is 4.51. The number of nitrogens with one attached hydrogen (secondary N) is 1. The van der Waals surface area contributed by atoms with Crippen molar-refractivity contribution in [1.29, 1.82) is 0 Å². The Bertz CT molecular complexity index is 1150. The van der Waals surface area contributed by atoms with E-state index in [1.165, 1.54) is 17.3 Å². The number of nitrogens with zero attached hydrogens (tertiary/aromatic N) is 5. The summed E-state index contributed by atoms with van der Waals surface area (Å²) in [4.78, 5) is 16.8. The van der Waals surface area contributed by atoms with Crippen LogP contribution in [-0.4, -0.2) is 35.8 Å². The predicted molar refractivity (Wildman–Crippen MR) is 116 cm³/mol.